The highest BCUT2D eigenvalue weighted by atomic mass is 16.5. The van der Waals surface area contributed by atoms with Gasteiger partial charge in [-0.3, -0.25) is 9.59 Å². The van der Waals surface area contributed by atoms with Gasteiger partial charge >= 0.3 is 5.97 Å². The Balaban J connectivity index is 2.87. The van der Waals surface area contributed by atoms with E-state index in [9.17, 15) is 9.59 Å². The molecular weight excluding hydrogens is 254 g/mol. The normalized spacial score (nSPS) is 13.1. The number of carbonyl (C=O) groups excluding carboxylic acids is 2. The molecule has 0 bridgehead atoms. The van der Waals surface area contributed by atoms with Gasteiger partial charge in [0.2, 0.25) is 5.91 Å². The molecule has 2 atom stereocenters. The maximum atomic E-state index is 11.9. The Morgan fingerprint density at radius 3 is 2.55 bits per heavy atom. The highest BCUT2D eigenvalue weighted by Crippen LogP contribution is 2.23. The van der Waals surface area contributed by atoms with Crippen molar-refractivity contribution in [3.8, 4) is 0 Å². The quantitative estimate of drug-likeness (QED) is 0.614. The molecule has 0 heterocycles. The van der Waals surface area contributed by atoms with Crippen molar-refractivity contribution in [3.63, 3.8) is 0 Å². The summed E-state index contributed by atoms with van der Waals surface area (Å²) in [5.41, 5.74) is 0.886. The minimum atomic E-state index is -0.449. The second-order valence-electron chi connectivity index (χ2n) is 4.60. The van der Waals surface area contributed by atoms with E-state index in [1.54, 1.807) is 13.0 Å². The number of nitrogens with one attached hydrogen (secondary N) is 1. The number of ether oxygens (including phenoxy) is 1. The van der Waals surface area contributed by atoms with Gasteiger partial charge in [-0.2, -0.15) is 0 Å². The lowest BCUT2D eigenvalue weighted by atomic mass is 9.94. The largest absolute Gasteiger partial charge is 0.469 e. The van der Waals surface area contributed by atoms with Crippen molar-refractivity contribution in [3.05, 3.63) is 48.6 Å². The average molecular weight is 275 g/mol. The van der Waals surface area contributed by atoms with Crippen LogP contribution in [0.1, 0.15) is 31.4 Å². The predicted molar refractivity (Wildman–Crippen MR) is 77.9 cm³/mol. The number of amides is 1. The van der Waals surface area contributed by atoms with Crippen molar-refractivity contribution < 1.29 is 14.3 Å². The van der Waals surface area contributed by atoms with Crippen molar-refractivity contribution in [1.82, 2.24) is 5.32 Å². The number of allylic oxidation sites excluding steroid dienone is 1. The number of hydrogen-bond donors (Lipinski definition) is 1. The Hall–Kier alpha value is -2.10. The van der Waals surface area contributed by atoms with Gasteiger partial charge in [-0.25, -0.2) is 0 Å². The van der Waals surface area contributed by atoms with E-state index < -0.39 is 5.92 Å². The number of benzene rings is 1. The molecular formula is C16H21NO3. The van der Waals surface area contributed by atoms with Gasteiger partial charge in [0.15, 0.2) is 0 Å². The lowest BCUT2D eigenvalue weighted by molar-refractivity contribution is -0.146. The first-order valence-corrected chi connectivity index (χ1v) is 6.63. The molecule has 0 radical (unpaired) electrons. The summed E-state index contributed by atoms with van der Waals surface area (Å²) in [6.07, 6.45) is 2.67. The molecule has 1 amide bonds. The molecule has 108 valence electrons. The Morgan fingerprint density at radius 1 is 1.35 bits per heavy atom. The number of esters is 1. The van der Waals surface area contributed by atoms with E-state index in [1.165, 1.54) is 7.11 Å². The molecule has 0 spiro atoms. The lowest BCUT2D eigenvalue weighted by Gasteiger charge is -2.24. The highest BCUT2D eigenvalue weighted by Gasteiger charge is 2.27. The van der Waals surface area contributed by atoms with E-state index in [1.807, 2.05) is 30.3 Å². The SMILES string of the molecule is C=CCCC(=O)N[C@@H](c1ccccc1)[C@@H](C)C(=O)OC. The fourth-order valence-electron chi connectivity index (χ4n) is 1.96. The van der Waals surface area contributed by atoms with Gasteiger partial charge in [-0.15, -0.1) is 6.58 Å². The summed E-state index contributed by atoms with van der Waals surface area (Å²) in [7, 11) is 1.35. The molecule has 1 aromatic carbocycles. The molecule has 4 nitrogen and oxygen atoms in total. The first-order valence-electron chi connectivity index (χ1n) is 6.63. The van der Waals surface area contributed by atoms with Crippen LogP contribution in [-0.4, -0.2) is 19.0 Å². The fraction of sp³-hybridized carbons (Fsp3) is 0.375. The van der Waals surface area contributed by atoms with E-state index in [0.717, 1.165) is 5.56 Å². The molecule has 0 aliphatic carbocycles. The van der Waals surface area contributed by atoms with Crippen LogP contribution >= 0.6 is 0 Å². The summed E-state index contributed by atoms with van der Waals surface area (Å²) in [5, 5.41) is 2.90. The van der Waals surface area contributed by atoms with Crippen molar-refractivity contribution in [2.45, 2.75) is 25.8 Å². The summed E-state index contributed by atoms with van der Waals surface area (Å²) < 4.78 is 4.77. The molecule has 0 saturated heterocycles. The molecule has 0 aromatic heterocycles. The van der Waals surface area contributed by atoms with Gasteiger partial charge in [0.1, 0.15) is 0 Å². The van der Waals surface area contributed by atoms with Crippen molar-refractivity contribution in [1.29, 1.82) is 0 Å². The third-order valence-electron chi connectivity index (χ3n) is 3.12. The van der Waals surface area contributed by atoms with Crippen LogP contribution < -0.4 is 5.32 Å². The predicted octanol–water partition coefficient (Wildman–Crippen LogP) is 2.62. The van der Waals surface area contributed by atoms with E-state index in [2.05, 4.69) is 11.9 Å². The Morgan fingerprint density at radius 2 is 2.00 bits per heavy atom. The van der Waals surface area contributed by atoms with Crippen LogP contribution in [0.25, 0.3) is 0 Å². The Labute approximate surface area is 119 Å². The van der Waals surface area contributed by atoms with E-state index >= 15 is 0 Å². The summed E-state index contributed by atoms with van der Waals surface area (Å²) >= 11 is 0. The topological polar surface area (TPSA) is 55.4 Å². The second-order valence-corrected chi connectivity index (χ2v) is 4.60. The molecule has 0 aliphatic rings. The summed E-state index contributed by atoms with van der Waals surface area (Å²) in [5.74, 6) is -0.896. The van der Waals surface area contributed by atoms with Crippen molar-refractivity contribution in [2.24, 2.45) is 5.92 Å². The summed E-state index contributed by atoms with van der Waals surface area (Å²) in [6.45, 7) is 5.34. The van der Waals surface area contributed by atoms with E-state index in [4.69, 9.17) is 4.74 Å². The molecule has 0 unspecified atom stereocenters. The fourth-order valence-corrected chi connectivity index (χ4v) is 1.96. The average Bonchev–Trinajstić information content (AvgIpc) is 2.49. The Bertz CT molecular complexity index is 456. The third kappa shape index (κ3) is 4.53. The molecule has 4 heteroatoms. The van der Waals surface area contributed by atoms with Crippen LogP contribution in [0.4, 0.5) is 0 Å². The van der Waals surface area contributed by atoms with E-state index in [-0.39, 0.29) is 17.9 Å². The van der Waals surface area contributed by atoms with Gasteiger partial charge in [0, 0.05) is 6.42 Å². The lowest BCUT2D eigenvalue weighted by Crippen LogP contribution is -2.35. The minimum Gasteiger partial charge on any atom is -0.469 e. The smallest absolute Gasteiger partial charge is 0.310 e. The van der Waals surface area contributed by atoms with E-state index in [0.29, 0.717) is 12.8 Å². The van der Waals surface area contributed by atoms with Crippen LogP contribution in [0, 0.1) is 5.92 Å². The van der Waals surface area contributed by atoms with Gasteiger partial charge in [-0.1, -0.05) is 36.4 Å². The standard InChI is InChI=1S/C16H21NO3/c1-4-5-11-14(18)17-15(12(2)16(19)20-3)13-9-7-6-8-10-13/h4,6-10,12,15H,1,5,11H2,2-3H3,(H,17,18)/t12-,15-/m1/s1. The number of methoxy groups -OCH3 is 1. The number of rotatable bonds is 7. The summed E-state index contributed by atoms with van der Waals surface area (Å²) in [4.78, 5) is 23.6. The van der Waals surface area contributed by atoms with Crippen molar-refractivity contribution >= 4 is 11.9 Å². The maximum Gasteiger partial charge on any atom is 0.310 e. The molecule has 1 rings (SSSR count). The summed E-state index contributed by atoms with van der Waals surface area (Å²) in [6, 6.07) is 9.03. The first kappa shape index (κ1) is 16.0. The molecule has 0 fully saturated rings. The van der Waals surface area contributed by atoms with Gasteiger partial charge < -0.3 is 10.1 Å². The molecule has 1 aromatic rings. The van der Waals surface area contributed by atoms with Crippen LogP contribution in [-0.2, 0) is 14.3 Å². The monoisotopic (exact) mass is 275 g/mol. The minimum absolute atomic E-state index is 0.102. The number of hydrogen-bond acceptors (Lipinski definition) is 3. The van der Waals surface area contributed by atoms with Gasteiger partial charge in [0.25, 0.3) is 0 Å². The van der Waals surface area contributed by atoms with Gasteiger partial charge in [0.05, 0.1) is 19.1 Å². The molecule has 1 N–H and O–H groups in total. The first-order chi connectivity index (χ1) is 9.60. The second kappa shape index (κ2) is 8.15. The molecule has 20 heavy (non-hydrogen) atoms. The van der Waals surface area contributed by atoms with Crippen LogP contribution in [0.15, 0.2) is 43.0 Å². The Kier molecular flexibility index (Phi) is 6.50. The zero-order valence-corrected chi connectivity index (χ0v) is 12.0. The van der Waals surface area contributed by atoms with Crippen LogP contribution in [0.5, 0.6) is 0 Å². The van der Waals surface area contributed by atoms with Crippen molar-refractivity contribution in [2.75, 3.05) is 7.11 Å². The third-order valence-corrected chi connectivity index (χ3v) is 3.12. The molecule has 0 aliphatic heterocycles. The molecule has 0 saturated carbocycles. The van der Waals surface area contributed by atoms with Crippen LogP contribution in [0.2, 0.25) is 0 Å². The zero-order chi connectivity index (χ0) is 15.0. The van der Waals surface area contributed by atoms with Crippen LogP contribution in [0.3, 0.4) is 0 Å². The highest BCUT2D eigenvalue weighted by molar-refractivity contribution is 5.79. The maximum absolute atomic E-state index is 11.9. The number of carbonyl (C=O) groups is 2. The zero-order valence-electron chi connectivity index (χ0n) is 12.0. The van der Waals surface area contributed by atoms with Gasteiger partial charge in [-0.05, 0) is 18.9 Å².